The second-order valence-electron chi connectivity index (χ2n) is 2.47. The van der Waals surface area contributed by atoms with Gasteiger partial charge in [0, 0.05) is 5.56 Å². The number of hydrogen-bond donors (Lipinski definition) is 3. The molecule has 6 nitrogen and oxygen atoms in total. The molecule has 0 unspecified atom stereocenters. The molecule has 0 saturated carbocycles. The number of phenols is 1. The minimum Gasteiger partial charge on any atom is -0.507 e. The Morgan fingerprint density at radius 3 is 2.57 bits per heavy atom. The molecule has 0 bridgehead atoms. The van der Waals surface area contributed by atoms with Gasteiger partial charge in [-0.2, -0.15) is 13.5 Å². The van der Waals surface area contributed by atoms with Crippen molar-refractivity contribution in [1.82, 2.24) is 0 Å². The van der Waals surface area contributed by atoms with Crippen LogP contribution in [-0.2, 0) is 10.1 Å². The van der Waals surface area contributed by atoms with Crippen LogP contribution in [0.5, 0.6) is 5.75 Å². The molecule has 14 heavy (non-hydrogen) atoms. The van der Waals surface area contributed by atoms with Gasteiger partial charge in [-0.05, 0) is 18.2 Å². The van der Waals surface area contributed by atoms with Crippen LogP contribution < -0.4 is 5.84 Å². The second kappa shape index (κ2) is 3.64. The van der Waals surface area contributed by atoms with Crippen LogP contribution in [0.2, 0.25) is 0 Å². The first-order valence-electron chi connectivity index (χ1n) is 3.49. The third-order valence-corrected chi connectivity index (χ3v) is 2.36. The molecular formula is C7H8N2O4S. The van der Waals surface area contributed by atoms with Gasteiger partial charge in [-0.25, -0.2) is 0 Å². The standard InChI is InChI=1S/C7H8N2O4S/c8-9-4-5-3-6(14(11,12)13)1-2-7(5)10/h1-4,10H,8H2,(H,11,12,13)/b9-4-. The van der Waals surface area contributed by atoms with Crippen LogP contribution >= 0.6 is 0 Å². The average Bonchev–Trinajstić information content (AvgIpc) is 2.07. The minimum atomic E-state index is -4.27. The van der Waals surface area contributed by atoms with Crippen LogP contribution in [0.25, 0.3) is 0 Å². The highest BCUT2D eigenvalue weighted by Gasteiger charge is 2.11. The van der Waals surface area contributed by atoms with Gasteiger partial charge in [-0.1, -0.05) is 0 Å². The molecule has 76 valence electrons. The Morgan fingerprint density at radius 2 is 2.07 bits per heavy atom. The number of phenolic OH excluding ortho intramolecular Hbond substituents is 1. The van der Waals surface area contributed by atoms with Crippen molar-refractivity contribution in [3.05, 3.63) is 23.8 Å². The lowest BCUT2D eigenvalue weighted by Gasteiger charge is -2.00. The summed E-state index contributed by atoms with van der Waals surface area (Å²) >= 11 is 0. The average molecular weight is 216 g/mol. The van der Waals surface area contributed by atoms with Gasteiger partial charge >= 0.3 is 0 Å². The summed E-state index contributed by atoms with van der Waals surface area (Å²) < 4.78 is 30.1. The Morgan fingerprint density at radius 1 is 1.43 bits per heavy atom. The molecule has 0 heterocycles. The molecule has 0 aliphatic rings. The maximum absolute atomic E-state index is 10.7. The predicted octanol–water partition coefficient (Wildman–Crippen LogP) is -0.0685. The second-order valence-corrected chi connectivity index (χ2v) is 3.90. The fourth-order valence-electron chi connectivity index (χ4n) is 0.877. The van der Waals surface area contributed by atoms with E-state index in [2.05, 4.69) is 5.10 Å². The van der Waals surface area contributed by atoms with Crippen LogP contribution in [0.1, 0.15) is 5.56 Å². The summed E-state index contributed by atoms with van der Waals surface area (Å²) in [5, 5.41) is 12.3. The number of nitrogens with two attached hydrogens (primary N) is 1. The molecule has 7 heteroatoms. The fraction of sp³-hybridized carbons (Fsp3) is 0. The number of nitrogens with zero attached hydrogens (tertiary/aromatic N) is 1. The molecule has 0 radical (unpaired) electrons. The van der Waals surface area contributed by atoms with Crippen LogP contribution in [0.15, 0.2) is 28.2 Å². The largest absolute Gasteiger partial charge is 0.507 e. The van der Waals surface area contributed by atoms with Crippen LogP contribution in [0.4, 0.5) is 0 Å². The van der Waals surface area contributed by atoms with Crippen LogP contribution in [0, 0.1) is 0 Å². The highest BCUT2D eigenvalue weighted by molar-refractivity contribution is 7.85. The van der Waals surface area contributed by atoms with Gasteiger partial charge < -0.3 is 10.9 Å². The Hall–Kier alpha value is -1.60. The summed E-state index contributed by atoms with van der Waals surface area (Å²) in [5.74, 6) is 4.66. The summed E-state index contributed by atoms with van der Waals surface area (Å²) in [7, 11) is -4.27. The zero-order valence-corrected chi connectivity index (χ0v) is 7.77. The first-order chi connectivity index (χ1) is 6.45. The topological polar surface area (TPSA) is 113 Å². The maximum atomic E-state index is 10.7. The van der Waals surface area contributed by atoms with Gasteiger partial charge in [-0.3, -0.25) is 4.55 Å². The Bertz CT molecular complexity index is 467. The summed E-state index contributed by atoms with van der Waals surface area (Å²) in [6, 6.07) is 3.25. The molecule has 0 atom stereocenters. The van der Waals surface area contributed by atoms with E-state index < -0.39 is 10.1 Å². The van der Waals surface area contributed by atoms with Gasteiger partial charge in [-0.15, -0.1) is 0 Å². The van der Waals surface area contributed by atoms with E-state index in [0.29, 0.717) is 0 Å². The van der Waals surface area contributed by atoms with Crippen molar-refractivity contribution in [1.29, 1.82) is 0 Å². The van der Waals surface area contributed by atoms with Crippen molar-refractivity contribution in [2.24, 2.45) is 10.9 Å². The summed E-state index contributed by atoms with van der Waals surface area (Å²) in [6.45, 7) is 0. The first-order valence-corrected chi connectivity index (χ1v) is 4.93. The van der Waals surface area contributed by atoms with Crippen molar-refractivity contribution < 1.29 is 18.1 Å². The van der Waals surface area contributed by atoms with Crippen molar-refractivity contribution in [2.75, 3.05) is 0 Å². The SMILES string of the molecule is N/N=C\c1cc(S(=O)(=O)O)ccc1O. The van der Waals surface area contributed by atoms with E-state index in [0.717, 1.165) is 24.4 Å². The van der Waals surface area contributed by atoms with E-state index in [9.17, 15) is 13.5 Å². The maximum Gasteiger partial charge on any atom is 0.294 e. The zero-order valence-electron chi connectivity index (χ0n) is 6.95. The Labute approximate surface area is 80.4 Å². The molecule has 0 aromatic heterocycles. The van der Waals surface area contributed by atoms with Crippen molar-refractivity contribution in [3.63, 3.8) is 0 Å². The molecule has 0 amide bonds. The molecule has 0 fully saturated rings. The molecule has 1 aromatic rings. The van der Waals surface area contributed by atoms with Crippen LogP contribution in [0.3, 0.4) is 0 Å². The van der Waals surface area contributed by atoms with Gasteiger partial charge in [0.1, 0.15) is 5.75 Å². The number of hydrazone groups is 1. The molecule has 1 aromatic carbocycles. The highest BCUT2D eigenvalue weighted by atomic mass is 32.2. The lowest BCUT2D eigenvalue weighted by atomic mass is 10.2. The van der Waals surface area contributed by atoms with E-state index >= 15 is 0 Å². The lowest BCUT2D eigenvalue weighted by Crippen LogP contribution is -1.99. The first kappa shape index (κ1) is 10.5. The molecule has 0 saturated heterocycles. The van der Waals surface area contributed by atoms with E-state index in [-0.39, 0.29) is 16.2 Å². The normalized spacial score (nSPS) is 12.1. The smallest absolute Gasteiger partial charge is 0.294 e. The molecular weight excluding hydrogens is 208 g/mol. The molecule has 1 rings (SSSR count). The Balaban J connectivity index is 3.34. The lowest BCUT2D eigenvalue weighted by molar-refractivity contribution is 0.472. The van der Waals surface area contributed by atoms with E-state index in [1.807, 2.05) is 0 Å². The third kappa shape index (κ3) is 2.21. The fourth-order valence-corrected chi connectivity index (χ4v) is 1.39. The van der Waals surface area contributed by atoms with Crippen molar-refractivity contribution in [2.45, 2.75) is 4.90 Å². The van der Waals surface area contributed by atoms with Crippen molar-refractivity contribution in [3.8, 4) is 5.75 Å². The van der Waals surface area contributed by atoms with E-state index in [4.69, 9.17) is 10.4 Å². The van der Waals surface area contributed by atoms with Gasteiger partial charge in [0.2, 0.25) is 0 Å². The number of rotatable bonds is 2. The number of aromatic hydroxyl groups is 1. The highest BCUT2D eigenvalue weighted by Crippen LogP contribution is 2.19. The van der Waals surface area contributed by atoms with Gasteiger partial charge in [0.05, 0.1) is 11.1 Å². The van der Waals surface area contributed by atoms with Crippen molar-refractivity contribution >= 4 is 16.3 Å². The number of benzene rings is 1. The number of hydrogen-bond acceptors (Lipinski definition) is 5. The summed E-state index contributed by atoms with van der Waals surface area (Å²) in [6.07, 6.45) is 1.07. The van der Waals surface area contributed by atoms with E-state index in [1.54, 1.807) is 0 Å². The van der Waals surface area contributed by atoms with Gasteiger partial charge in [0.25, 0.3) is 10.1 Å². The Kier molecular flexibility index (Phi) is 2.73. The monoisotopic (exact) mass is 216 g/mol. The predicted molar refractivity (Wildman–Crippen MR) is 49.7 cm³/mol. The van der Waals surface area contributed by atoms with E-state index in [1.165, 1.54) is 0 Å². The molecule has 4 N–H and O–H groups in total. The minimum absolute atomic E-state index is 0.114. The molecule has 0 aliphatic carbocycles. The van der Waals surface area contributed by atoms with Gasteiger partial charge in [0.15, 0.2) is 0 Å². The summed E-state index contributed by atoms with van der Waals surface area (Å²) in [5.41, 5.74) is 0.114. The quantitative estimate of drug-likeness (QED) is 0.277. The third-order valence-electron chi connectivity index (χ3n) is 1.51. The zero-order chi connectivity index (χ0) is 10.8. The van der Waals surface area contributed by atoms with Crippen LogP contribution in [-0.4, -0.2) is 24.3 Å². The molecule has 0 spiro atoms. The molecule has 0 aliphatic heterocycles. The summed E-state index contributed by atoms with van der Waals surface area (Å²) in [4.78, 5) is -0.329.